The molecule has 1 fully saturated rings. The zero-order valence-corrected chi connectivity index (χ0v) is 17.7. The third-order valence-corrected chi connectivity index (χ3v) is 5.63. The number of alkyl halides is 1. The molecular weight excluding hydrogens is 410 g/mol. The fraction of sp³-hybridized carbons (Fsp3) is 0.304. The van der Waals surface area contributed by atoms with Gasteiger partial charge in [0, 0.05) is 27.4 Å². The summed E-state index contributed by atoms with van der Waals surface area (Å²) in [6, 6.07) is 13.0. The Kier molecular flexibility index (Phi) is 6.02. The maximum absolute atomic E-state index is 14.9. The van der Waals surface area contributed by atoms with E-state index in [0.717, 1.165) is 17.9 Å². The number of hydrogen-bond donors (Lipinski definition) is 1. The van der Waals surface area contributed by atoms with Crippen LogP contribution in [-0.4, -0.2) is 11.6 Å². The molecule has 2 aromatic rings. The van der Waals surface area contributed by atoms with Crippen molar-refractivity contribution in [2.24, 2.45) is 0 Å². The fourth-order valence-corrected chi connectivity index (χ4v) is 3.89. The van der Waals surface area contributed by atoms with E-state index in [9.17, 15) is 4.39 Å². The van der Waals surface area contributed by atoms with Crippen molar-refractivity contribution in [2.45, 2.75) is 38.3 Å². The number of rotatable bonds is 7. The third-order valence-electron chi connectivity index (χ3n) is 5.07. The second-order valence-electron chi connectivity index (χ2n) is 7.40. The molecule has 1 saturated carbocycles. The normalized spacial score (nSPS) is 17.3. The Balaban J connectivity index is 1.49. The van der Waals surface area contributed by atoms with Gasteiger partial charge < -0.3 is 10.2 Å². The predicted octanol–water partition coefficient (Wildman–Crippen LogP) is 6.92. The average Bonchev–Trinajstić information content (AvgIpc) is 3.53. The molecule has 1 aliphatic heterocycles. The Morgan fingerprint density at radius 3 is 2.76 bits per heavy atom. The van der Waals surface area contributed by atoms with Crippen LogP contribution >= 0.6 is 23.2 Å². The first-order chi connectivity index (χ1) is 14.0. The van der Waals surface area contributed by atoms with Crippen LogP contribution in [0.4, 0.5) is 4.39 Å². The predicted molar refractivity (Wildman–Crippen MR) is 116 cm³/mol. The first-order valence-corrected chi connectivity index (χ1v) is 10.6. The van der Waals surface area contributed by atoms with Gasteiger partial charge in [-0.05, 0) is 55.0 Å². The monoisotopic (exact) mass is 432 g/mol. The minimum absolute atomic E-state index is 0.0909. The van der Waals surface area contributed by atoms with Crippen LogP contribution in [0.15, 0.2) is 66.2 Å². The van der Waals surface area contributed by atoms with Gasteiger partial charge in [-0.1, -0.05) is 48.3 Å². The van der Waals surface area contributed by atoms with Crippen LogP contribution in [0.3, 0.4) is 0 Å². The van der Waals surface area contributed by atoms with Gasteiger partial charge in [0.1, 0.15) is 17.7 Å². The number of nitrogens with zero attached hydrogens (tertiary/aromatic N) is 1. The molecule has 152 valence electrons. The molecule has 1 aliphatic carbocycles. The molecule has 1 heterocycles. The maximum atomic E-state index is 14.9. The lowest BCUT2D eigenvalue weighted by molar-refractivity contribution is 0.195. The number of benzene rings is 2. The Morgan fingerprint density at radius 1 is 1.21 bits per heavy atom. The van der Waals surface area contributed by atoms with Crippen LogP contribution in [0.2, 0.25) is 10.0 Å². The van der Waals surface area contributed by atoms with Crippen LogP contribution in [0.5, 0.6) is 5.75 Å². The molecule has 6 heteroatoms. The molecule has 4 rings (SSSR count). The summed E-state index contributed by atoms with van der Waals surface area (Å²) in [5, 5.41) is 2.52. The highest BCUT2D eigenvalue weighted by Gasteiger charge is 2.24. The van der Waals surface area contributed by atoms with E-state index >= 15 is 0 Å². The van der Waals surface area contributed by atoms with Crippen molar-refractivity contribution in [1.29, 1.82) is 0 Å². The molecule has 0 radical (unpaired) electrons. The summed E-state index contributed by atoms with van der Waals surface area (Å²) in [6.45, 7) is 2.13. The minimum atomic E-state index is -1.28. The summed E-state index contributed by atoms with van der Waals surface area (Å²) in [5.74, 6) is 2.13. The first-order valence-electron chi connectivity index (χ1n) is 9.84. The van der Waals surface area contributed by atoms with Crippen molar-refractivity contribution < 1.29 is 9.13 Å². The Bertz CT molecular complexity index is 956. The number of hydrazine groups is 1. The van der Waals surface area contributed by atoms with Gasteiger partial charge in [0.05, 0.1) is 12.7 Å². The fourth-order valence-electron chi connectivity index (χ4n) is 3.36. The van der Waals surface area contributed by atoms with Gasteiger partial charge in [-0.2, -0.15) is 0 Å². The zero-order valence-electron chi connectivity index (χ0n) is 16.2. The molecule has 1 N–H and O–H groups in total. The minimum Gasteiger partial charge on any atom is -0.456 e. The Labute approximate surface area is 180 Å². The van der Waals surface area contributed by atoms with Crippen molar-refractivity contribution >= 4 is 23.2 Å². The van der Waals surface area contributed by atoms with E-state index in [2.05, 4.69) is 17.6 Å². The average molecular weight is 433 g/mol. The molecular formula is C23H23Cl2FN2O. The highest BCUT2D eigenvalue weighted by molar-refractivity contribution is 6.35. The van der Waals surface area contributed by atoms with E-state index < -0.39 is 6.17 Å². The van der Waals surface area contributed by atoms with Crippen molar-refractivity contribution in [3.63, 3.8) is 0 Å². The smallest absolute Gasteiger partial charge is 0.146 e. The van der Waals surface area contributed by atoms with E-state index in [1.807, 2.05) is 25.1 Å². The molecule has 0 aromatic heterocycles. The summed E-state index contributed by atoms with van der Waals surface area (Å²) in [6.07, 6.45) is 5.71. The van der Waals surface area contributed by atoms with Crippen molar-refractivity contribution in [2.75, 3.05) is 6.54 Å². The highest BCUT2D eigenvalue weighted by atomic mass is 35.5. The van der Waals surface area contributed by atoms with Crippen LogP contribution in [0, 0.1) is 0 Å². The maximum Gasteiger partial charge on any atom is 0.146 e. The largest absolute Gasteiger partial charge is 0.456 e. The number of halogens is 3. The Morgan fingerprint density at radius 2 is 2.03 bits per heavy atom. The van der Waals surface area contributed by atoms with E-state index in [1.54, 1.807) is 29.4 Å². The number of allylic oxidation sites excluding steroid dienone is 2. The lowest BCUT2D eigenvalue weighted by Gasteiger charge is -2.30. The van der Waals surface area contributed by atoms with Gasteiger partial charge in [-0.3, -0.25) is 5.01 Å². The highest BCUT2D eigenvalue weighted by Crippen LogP contribution is 2.41. The molecule has 3 nitrogen and oxygen atoms in total. The topological polar surface area (TPSA) is 24.5 Å². The lowest BCUT2D eigenvalue weighted by atomic mass is 10.1. The molecule has 1 atom stereocenters. The standard InChI is InChI=1S/C23H23Cl2FN2O/c1-2-18-12-20(29-19-5-3-4-16(10-19)15-6-7-15)13-28(27-18)14-23(26)21-9-8-17(24)11-22(21)25/h3-5,8-13,15,23,27H,2,6-7,14H2,1H3. The van der Waals surface area contributed by atoms with E-state index in [-0.39, 0.29) is 6.54 Å². The number of ether oxygens (including phenoxy) is 1. The molecule has 0 spiro atoms. The first kappa shape index (κ1) is 20.1. The SMILES string of the molecule is CCC1=CC(Oc2cccc(C3CC3)c2)=CN(CC(F)c2ccc(Cl)cc2Cl)N1. The summed E-state index contributed by atoms with van der Waals surface area (Å²) in [5.41, 5.74) is 5.90. The number of nitrogens with one attached hydrogen (secondary N) is 1. The quantitative estimate of drug-likeness (QED) is 0.513. The second kappa shape index (κ2) is 8.68. The summed E-state index contributed by atoms with van der Waals surface area (Å²) in [7, 11) is 0. The molecule has 29 heavy (non-hydrogen) atoms. The summed E-state index contributed by atoms with van der Waals surface area (Å²) < 4.78 is 21.0. The van der Waals surface area contributed by atoms with E-state index in [4.69, 9.17) is 27.9 Å². The second-order valence-corrected chi connectivity index (χ2v) is 8.24. The van der Waals surface area contributed by atoms with Crippen LogP contribution in [0.1, 0.15) is 49.4 Å². The molecule has 0 amide bonds. The molecule has 2 aliphatic rings. The van der Waals surface area contributed by atoms with Crippen LogP contribution in [-0.2, 0) is 0 Å². The summed E-state index contributed by atoms with van der Waals surface area (Å²) in [4.78, 5) is 0. The third kappa shape index (κ3) is 5.06. The number of hydrogen-bond acceptors (Lipinski definition) is 3. The molecule has 1 unspecified atom stereocenters. The van der Waals surface area contributed by atoms with Crippen LogP contribution in [0.25, 0.3) is 0 Å². The van der Waals surface area contributed by atoms with E-state index in [1.165, 1.54) is 18.4 Å². The lowest BCUT2D eigenvalue weighted by Crippen LogP contribution is -2.38. The van der Waals surface area contributed by atoms with Crippen molar-refractivity contribution in [1.82, 2.24) is 10.4 Å². The van der Waals surface area contributed by atoms with Crippen molar-refractivity contribution in [3.8, 4) is 5.75 Å². The molecule has 2 aromatic carbocycles. The van der Waals surface area contributed by atoms with Gasteiger partial charge in [0.25, 0.3) is 0 Å². The van der Waals surface area contributed by atoms with Gasteiger partial charge in [0.2, 0.25) is 0 Å². The van der Waals surface area contributed by atoms with Crippen molar-refractivity contribution in [3.05, 3.63) is 87.4 Å². The zero-order chi connectivity index (χ0) is 20.4. The molecule has 0 bridgehead atoms. The van der Waals surface area contributed by atoms with Gasteiger partial charge >= 0.3 is 0 Å². The molecule has 0 saturated heterocycles. The van der Waals surface area contributed by atoms with E-state index in [0.29, 0.717) is 27.3 Å². The summed E-state index contributed by atoms with van der Waals surface area (Å²) >= 11 is 12.1. The van der Waals surface area contributed by atoms with Crippen LogP contribution < -0.4 is 10.2 Å². The van der Waals surface area contributed by atoms with Gasteiger partial charge in [0.15, 0.2) is 0 Å². The van der Waals surface area contributed by atoms with Gasteiger partial charge in [-0.25, -0.2) is 4.39 Å². The Hall–Kier alpha value is -2.17. The van der Waals surface area contributed by atoms with Gasteiger partial charge in [-0.15, -0.1) is 0 Å².